The lowest BCUT2D eigenvalue weighted by atomic mass is 10.1. The van der Waals surface area contributed by atoms with Gasteiger partial charge in [0.05, 0.1) is 0 Å². The Morgan fingerprint density at radius 1 is 1.24 bits per heavy atom. The largest absolute Gasteiger partial charge is 0.359 e. The van der Waals surface area contributed by atoms with Crippen molar-refractivity contribution in [3.8, 4) is 0 Å². The summed E-state index contributed by atoms with van der Waals surface area (Å²) in [5, 5.41) is 8.58. The van der Waals surface area contributed by atoms with Crippen LogP contribution in [0.4, 0.5) is 5.69 Å². The SMILES string of the molecule is CNC(=O)CCc1ccc(NC(=S)NC(=O)C2CC2)cc1. The first-order valence-electron chi connectivity index (χ1n) is 7.00. The third-order valence-electron chi connectivity index (χ3n) is 3.32. The monoisotopic (exact) mass is 305 g/mol. The third kappa shape index (κ3) is 5.15. The van der Waals surface area contributed by atoms with Crippen LogP contribution in [0, 0.1) is 5.92 Å². The maximum atomic E-state index is 11.6. The van der Waals surface area contributed by atoms with Gasteiger partial charge in [0.2, 0.25) is 11.8 Å². The molecule has 5 nitrogen and oxygen atoms in total. The fraction of sp³-hybridized carbons (Fsp3) is 0.400. The summed E-state index contributed by atoms with van der Waals surface area (Å²) in [5.74, 6) is 0.160. The summed E-state index contributed by atoms with van der Waals surface area (Å²) < 4.78 is 0. The van der Waals surface area contributed by atoms with Gasteiger partial charge in [-0.2, -0.15) is 0 Å². The number of benzene rings is 1. The molecule has 1 aromatic carbocycles. The van der Waals surface area contributed by atoms with E-state index >= 15 is 0 Å². The van der Waals surface area contributed by atoms with E-state index in [4.69, 9.17) is 12.2 Å². The number of amides is 2. The first-order chi connectivity index (χ1) is 10.1. The van der Waals surface area contributed by atoms with E-state index in [9.17, 15) is 9.59 Å². The van der Waals surface area contributed by atoms with Crippen LogP contribution in [-0.2, 0) is 16.0 Å². The van der Waals surface area contributed by atoms with Gasteiger partial charge in [-0.1, -0.05) is 12.1 Å². The highest BCUT2D eigenvalue weighted by Gasteiger charge is 2.29. The van der Waals surface area contributed by atoms with E-state index in [1.165, 1.54) is 0 Å². The first-order valence-corrected chi connectivity index (χ1v) is 7.40. The second-order valence-corrected chi connectivity index (χ2v) is 5.50. The molecule has 2 rings (SSSR count). The minimum atomic E-state index is -0.00491. The Morgan fingerprint density at radius 3 is 2.48 bits per heavy atom. The molecule has 0 unspecified atom stereocenters. The molecule has 0 radical (unpaired) electrons. The van der Waals surface area contributed by atoms with Crippen LogP contribution >= 0.6 is 12.2 Å². The van der Waals surface area contributed by atoms with Gasteiger partial charge in [0.15, 0.2) is 5.11 Å². The minimum absolute atomic E-state index is 0.00491. The molecule has 0 aromatic heterocycles. The molecule has 1 aromatic rings. The average Bonchev–Trinajstić information content (AvgIpc) is 3.30. The molecule has 1 fully saturated rings. The quantitative estimate of drug-likeness (QED) is 0.723. The molecule has 0 spiro atoms. The van der Waals surface area contributed by atoms with Crippen molar-refractivity contribution in [2.75, 3.05) is 12.4 Å². The van der Waals surface area contributed by atoms with Gasteiger partial charge in [0.25, 0.3) is 0 Å². The summed E-state index contributed by atoms with van der Waals surface area (Å²) in [4.78, 5) is 22.7. The normalized spacial score (nSPS) is 13.4. The van der Waals surface area contributed by atoms with E-state index in [1.54, 1.807) is 7.05 Å². The molecule has 0 saturated heterocycles. The van der Waals surface area contributed by atoms with Gasteiger partial charge in [-0.05, 0) is 49.2 Å². The van der Waals surface area contributed by atoms with E-state index in [1.807, 2.05) is 24.3 Å². The Kier molecular flexibility index (Phi) is 5.27. The Balaban J connectivity index is 1.79. The van der Waals surface area contributed by atoms with Crippen molar-refractivity contribution in [1.82, 2.24) is 10.6 Å². The fourth-order valence-electron chi connectivity index (χ4n) is 1.86. The number of thiocarbonyl (C=S) groups is 1. The Morgan fingerprint density at radius 2 is 1.90 bits per heavy atom. The zero-order valence-corrected chi connectivity index (χ0v) is 12.8. The zero-order chi connectivity index (χ0) is 15.2. The predicted octanol–water partition coefficient (Wildman–Crippen LogP) is 1.59. The number of hydrogen-bond acceptors (Lipinski definition) is 3. The maximum Gasteiger partial charge on any atom is 0.229 e. The number of hydrogen-bond donors (Lipinski definition) is 3. The molecule has 0 aliphatic heterocycles. The molecule has 0 bridgehead atoms. The molecule has 2 amide bonds. The van der Waals surface area contributed by atoms with Crippen molar-refractivity contribution in [3.63, 3.8) is 0 Å². The second-order valence-electron chi connectivity index (χ2n) is 5.09. The summed E-state index contributed by atoms with van der Waals surface area (Å²) in [6.45, 7) is 0. The number of carbonyl (C=O) groups excluding carboxylic acids is 2. The summed E-state index contributed by atoms with van der Waals surface area (Å²) in [7, 11) is 1.63. The molecule has 21 heavy (non-hydrogen) atoms. The van der Waals surface area contributed by atoms with Crippen molar-refractivity contribution in [3.05, 3.63) is 29.8 Å². The number of rotatable bonds is 5. The maximum absolute atomic E-state index is 11.6. The molecular formula is C15H19N3O2S. The Labute approximate surface area is 129 Å². The van der Waals surface area contributed by atoms with Gasteiger partial charge in [-0.15, -0.1) is 0 Å². The van der Waals surface area contributed by atoms with Crippen LogP contribution in [-0.4, -0.2) is 24.0 Å². The molecular weight excluding hydrogens is 286 g/mol. The lowest BCUT2D eigenvalue weighted by Crippen LogP contribution is -2.35. The molecule has 0 atom stereocenters. The van der Waals surface area contributed by atoms with Crippen molar-refractivity contribution in [2.24, 2.45) is 5.92 Å². The fourth-order valence-corrected chi connectivity index (χ4v) is 2.08. The van der Waals surface area contributed by atoms with E-state index in [-0.39, 0.29) is 17.7 Å². The highest BCUT2D eigenvalue weighted by molar-refractivity contribution is 7.80. The van der Waals surface area contributed by atoms with E-state index in [2.05, 4.69) is 16.0 Å². The smallest absolute Gasteiger partial charge is 0.229 e. The van der Waals surface area contributed by atoms with Crippen LogP contribution in [0.2, 0.25) is 0 Å². The number of nitrogens with one attached hydrogen (secondary N) is 3. The molecule has 1 aliphatic rings. The molecule has 1 aliphatic carbocycles. The summed E-state index contributed by atoms with van der Waals surface area (Å²) in [5.41, 5.74) is 1.90. The molecule has 6 heteroatoms. The zero-order valence-electron chi connectivity index (χ0n) is 11.9. The standard InChI is InChI=1S/C15H19N3O2S/c1-16-13(19)9-4-10-2-7-12(8-3-10)17-15(21)18-14(20)11-5-6-11/h2-3,7-8,11H,4-6,9H2,1H3,(H,16,19)(H2,17,18,20,21). The van der Waals surface area contributed by atoms with Crippen LogP contribution < -0.4 is 16.0 Å². The van der Waals surface area contributed by atoms with Gasteiger partial charge >= 0.3 is 0 Å². The molecule has 0 heterocycles. The number of aryl methyl sites for hydroxylation is 1. The van der Waals surface area contributed by atoms with Crippen LogP contribution in [0.1, 0.15) is 24.8 Å². The molecule has 112 valence electrons. The van der Waals surface area contributed by atoms with Crippen LogP contribution in [0.5, 0.6) is 0 Å². The average molecular weight is 305 g/mol. The van der Waals surface area contributed by atoms with Crippen molar-refractivity contribution >= 4 is 34.8 Å². The first kappa shape index (κ1) is 15.4. The second kappa shape index (κ2) is 7.17. The topological polar surface area (TPSA) is 70.2 Å². The van der Waals surface area contributed by atoms with Gasteiger partial charge < -0.3 is 16.0 Å². The van der Waals surface area contributed by atoms with Crippen molar-refractivity contribution in [1.29, 1.82) is 0 Å². The van der Waals surface area contributed by atoms with Crippen molar-refractivity contribution < 1.29 is 9.59 Å². The van der Waals surface area contributed by atoms with E-state index < -0.39 is 0 Å². The predicted molar refractivity (Wildman–Crippen MR) is 85.9 cm³/mol. The third-order valence-corrected chi connectivity index (χ3v) is 3.52. The van der Waals surface area contributed by atoms with E-state index in [0.29, 0.717) is 18.0 Å². The van der Waals surface area contributed by atoms with Gasteiger partial charge in [-0.3, -0.25) is 9.59 Å². The number of anilines is 1. The summed E-state index contributed by atoms with van der Waals surface area (Å²) in [6.07, 6.45) is 3.07. The summed E-state index contributed by atoms with van der Waals surface area (Å²) in [6, 6.07) is 7.65. The van der Waals surface area contributed by atoms with Gasteiger partial charge in [0.1, 0.15) is 0 Å². The van der Waals surface area contributed by atoms with Gasteiger partial charge in [0, 0.05) is 25.1 Å². The highest BCUT2D eigenvalue weighted by Crippen LogP contribution is 2.28. The van der Waals surface area contributed by atoms with Gasteiger partial charge in [-0.25, -0.2) is 0 Å². The van der Waals surface area contributed by atoms with Crippen LogP contribution in [0.25, 0.3) is 0 Å². The molecule has 1 saturated carbocycles. The molecule has 3 N–H and O–H groups in total. The highest BCUT2D eigenvalue weighted by atomic mass is 32.1. The lowest BCUT2D eigenvalue weighted by molar-refractivity contribution is -0.121. The van der Waals surface area contributed by atoms with E-state index in [0.717, 1.165) is 24.1 Å². The summed E-state index contributed by atoms with van der Waals surface area (Å²) >= 11 is 5.10. The Hall–Kier alpha value is -1.95. The van der Waals surface area contributed by atoms with Crippen molar-refractivity contribution in [2.45, 2.75) is 25.7 Å². The minimum Gasteiger partial charge on any atom is -0.359 e. The van der Waals surface area contributed by atoms with Crippen LogP contribution in [0.15, 0.2) is 24.3 Å². The number of carbonyl (C=O) groups is 2. The lowest BCUT2D eigenvalue weighted by Gasteiger charge is -2.09. The Bertz CT molecular complexity index is 538. The van der Waals surface area contributed by atoms with Crippen LogP contribution in [0.3, 0.4) is 0 Å².